The molecule has 1 aliphatic heterocycles. The normalized spacial score (nSPS) is 17.0. The molecule has 2 aromatic carbocycles. The van der Waals surface area contributed by atoms with Crippen LogP contribution in [0.4, 0.5) is 11.4 Å². The summed E-state index contributed by atoms with van der Waals surface area (Å²) in [6.07, 6.45) is 0.228. The minimum Gasteiger partial charge on any atom is -0.325 e. The maximum Gasteiger partial charge on any atom is 0.229 e. The van der Waals surface area contributed by atoms with Crippen LogP contribution in [0.2, 0.25) is 0 Å². The summed E-state index contributed by atoms with van der Waals surface area (Å²) in [5, 5.41) is 2.91. The monoisotopic (exact) mass is 478 g/mol. The van der Waals surface area contributed by atoms with E-state index in [2.05, 4.69) is 51.0 Å². The Kier molecular flexibility index (Phi) is 5.82. The molecule has 0 unspecified atom stereocenters. The van der Waals surface area contributed by atoms with Gasteiger partial charge in [0.15, 0.2) is 0 Å². The topological polar surface area (TPSA) is 49.4 Å². The minimum atomic E-state index is -0.358. The first kappa shape index (κ1) is 19.1. The highest BCUT2D eigenvalue weighted by atomic mass is 79.9. The van der Waals surface area contributed by atoms with Gasteiger partial charge in [-0.25, -0.2) is 0 Å². The van der Waals surface area contributed by atoms with Gasteiger partial charge >= 0.3 is 0 Å². The number of halogens is 2. The fourth-order valence-corrected chi connectivity index (χ4v) is 4.14. The van der Waals surface area contributed by atoms with Gasteiger partial charge in [0.1, 0.15) is 0 Å². The van der Waals surface area contributed by atoms with Crippen molar-refractivity contribution in [3.63, 3.8) is 0 Å². The van der Waals surface area contributed by atoms with Crippen molar-refractivity contribution in [2.45, 2.75) is 26.2 Å². The van der Waals surface area contributed by atoms with E-state index in [0.29, 0.717) is 18.2 Å². The Morgan fingerprint density at radius 1 is 1.15 bits per heavy atom. The van der Waals surface area contributed by atoms with Crippen molar-refractivity contribution >= 4 is 55.0 Å². The van der Waals surface area contributed by atoms with Crippen molar-refractivity contribution in [1.82, 2.24) is 0 Å². The standard InChI is InChI=1S/C20H20Br2N2O2/c1-12(2)13-3-6-16(7-4-13)24-11-14(9-19(24)25)20(26)23-18-8-5-15(21)10-17(18)22/h3-8,10,12,14H,9,11H2,1-2H3,(H,23,26)/t14-/m1/s1. The fraction of sp³-hybridized carbons (Fsp3) is 0.300. The second kappa shape index (κ2) is 7.92. The molecular weight excluding hydrogens is 460 g/mol. The van der Waals surface area contributed by atoms with E-state index >= 15 is 0 Å². The van der Waals surface area contributed by atoms with Gasteiger partial charge < -0.3 is 10.2 Å². The number of benzene rings is 2. The molecular formula is C20H20Br2N2O2. The Labute approximate surface area is 170 Å². The van der Waals surface area contributed by atoms with Gasteiger partial charge in [0.2, 0.25) is 11.8 Å². The van der Waals surface area contributed by atoms with Crippen LogP contribution in [-0.4, -0.2) is 18.4 Å². The van der Waals surface area contributed by atoms with E-state index in [1.807, 2.05) is 42.5 Å². The predicted molar refractivity (Wildman–Crippen MR) is 111 cm³/mol. The van der Waals surface area contributed by atoms with Gasteiger partial charge in [-0.2, -0.15) is 0 Å². The molecule has 1 heterocycles. The van der Waals surface area contributed by atoms with Crippen molar-refractivity contribution in [3.05, 3.63) is 57.0 Å². The molecule has 6 heteroatoms. The molecule has 1 aliphatic rings. The Bertz CT molecular complexity index is 834. The Morgan fingerprint density at radius 3 is 2.46 bits per heavy atom. The summed E-state index contributed by atoms with van der Waals surface area (Å²) in [4.78, 5) is 26.7. The molecule has 0 radical (unpaired) electrons. The summed E-state index contributed by atoms with van der Waals surface area (Å²) in [6, 6.07) is 13.6. The number of nitrogens with zero attached hydrogens (tertiary/aromatic N) is 1. The van der Waals surface area contributed by atoms with E-state index in [0.717, 1.165) is 14.6 Å². The SMILES string of the molecule is CC(C)c1ccc(N2C[C@H](C(=O)Nc3ccc(Br)cc3Br)CC2=O)cc1. The Balaban J connectivity index is 1.69. The van der Waals surface area contributed by atoms with Gasteiger partial charge in [-0.1, -0.05) is 41.9 Å². The van der Waals surface area contributed by atoms with Gasteiger partial charge in [-0.3, -0.25) is 9.59 Å². The van der Waals surface area contributed by atoms with Crippen molar-refractivity contribution < 1.29 is 9.59 Å². The molecule has 2 amide bonds. The first-order valence-electron chi connectivity index (χ1n) is 8.51. The summed E-state index contributed by atoms with van der Waals surface area (Å²) in [5.74, 6) is -0.0657. The van der Waals surface area contributed by atoms with Crippen molar-refractivity contribution in [2.75, 3.05) is 16.8 Å². The molecule has 0 spiro atoms. The quantitative estimate of drug-likeness (QED) is 0.644. The molecule has 2 aromatic rings. The van der Waals surface area contributed by atoms with Gasteiger partial charge in [-0.15, -0.1) is 0 Å². The average molecular weight is 480 g/mol. The number of carbonyl (C=O) groups excluding carboxylic acids is 2. The van der Waals surface area contributed by atoms with E-state index in [4.69, 9.17) is 0 Å². The number of hydrogen-bond acceptors (Lipinski definition) is 2. The summed E-state index contributed by atoms with van der Waals surface area (Å²) in [5.41, 5.74) is 2.78. The number of rotatable bonds is 4. The largest absolute Gasteiger partial charge is 0.325 e. The van der Waals surface area contributed by atoms with Crippen molar-refractivity contribution in [3.8, 4) is 0 Å². The zero-order valence-electron chi connectivity index (χ0n) is 14.6. The Hall–Kier alpha value is -1.66. The van der Waals surface area contributed by atoms with E-state index in [-0.39, 0.29) is 24.2 Å². The number of anilines is 2. The number of nitrogens with one attached hydrogen (secondary N) is 1. The number of hydrogen-bond donors (Lipinski definition) is 1. The van der Waals surface area contributed by atoms with E-state index in [9.17, 15) is 9.59 Å². The third kappa shape index (κ3) is 4.18. The molecule has 1 saturated heterocycles. The molecule has 136 valence electrons. The summed E-state index contributed by atoms with van der Waals surface area (Å²) < 4.78 is 1.72. The lowest BCUT2D eigenvalue weighted by Crippen LogP contribution is -2.28. The molecule has 0 bridgehead atoms. The lowest BCUT2D eigenvalue weighted by molar-refractivity contribution is -0.122. The van der Waals surface area contributed by atoms with Crippen molar-refractivity contribution in [2.24, 2.45) is 5.92 Å². The zero-order valence-corrected chi connectivity index (χ0v) is 17.8. The fourth-order valence-electron chi connectivity index (χ4n) is 3.00. The maximum atomic E-state index is 12.6. The van der Waals surface area contributed by atoms with Crippen LogP contribution in [0.1, 0.15) is 31.7 Å². The smallest absolute Gasteiger partial charge is 0.229 e. The van der Waals surface area contributed by atoms with Gasteiger partial charge in [-0.05, 0) is 57.7 Å². The molecule has 1 fully saturated rings. The first-order chi connectivity index (χ1) is 12.3. The Morgan fingerprint density at radius 2 is 1.85 bits per heavy atom. The van der Waals surface area contributed by atoms with Crippen LogP contribution in [0.25, 0.3) is 0 Å². The number of carbonyl (C=O) groups is 2. The van der Waals surface area contributed by atoms with Gasteiger partial charge in [0, 0.05) is 27.6 Å². The third-order valence-electron chi connectivity index (χ3n) is 4.56. The van der Waals surface area contributed by atoms with Gasteiger partial charge in [0.05, 0.1) is 11.6 Å². The lowest BCUT2D eigenvalue weighted by Gasteiger charge is -2.18. The summed E-state index contributed by atoms with van der Waals surface area (Å²) in [6.45, 7) is 4.67. The van der Waals surface area contributed by atoms with Crippen LogP contribution in [0.3, 0.4) is 0 Å². The predicted octanol–water partition coefficient (Wildman–Crippen LogP) is 5.33. The second-order valence-electron chi connectivity index (χ2n) is 6.77. The zero-order chi connectivity index (χ0) is 18.8. The minimum absolute atomic E-state index is 0.0164. The third-order valence-corrected chi connectivity index (χ3v) is 5.71. The van der Waals surface area contributed by atoms with Crippen LogP contribution in [0, 0.1) is 5.92 Å². The molecule has 0 aliphatic carbocycles. The average Bonchev–Trinajstić information content (AvgIpc) is 2.99. The highest BCUT2D eigenvalue weighted by Gasteiger charge is 2.35. The maximum absolute atomic E-state index is 12.6. The summed E-state index contributed by atoms with van der Waals surface area (Å²) >= 11 is 6.83. The molecule has 0 saturated carbocycles. The van der Waals surface area contributed by atoms with E-state index in [1.165, 1.54) is 5.56 Å². The van der Waals surface area contributed by atoms with Crippen molar-refractivity contribution in [1.29, 1.82) is 0 Å². The molecule has 26 heavy (non-hydrogen) atoms. The van der Waals surface area contributed by atoms with Gasteiger partial charge in [0.25, 0.3) is 0 Å². The highest BCUT2D eigenvalue weighted by molar-refractivity contribution is 9.11. The molecule has 4 nitrogen and oxygen atoms in total. The first-order valence-corrected chi connectivity index (χ1v) is 10.1. The van der Waals surface area contributed by atoms with Crippen LogP contribution in [0.5, 0.6) is 0 Å². The van der Waals surface area contributed by atoms with E-state index in [1.54, 1.807) is 4.90 Å². The molecule has 1 atom stereocenters. The highest BCUT2D eigenvalue weighted by Crippen LogP contribution is 2.30. The molecule has 3 rings (SSSR count). The lowest BCUT2D eigenvalue weighted by atomic mass is 10.0. The number of amides is 2. The van der Waals surface area contributed by atoms with Crippen LogP contribution in [-0.2, 0) is 9.59 Å². The van der Waals surface area contributed by atoms with E-state index < -0.39 is 0 Å². The molecule has 1 N–H and O–H groups in total. The second-order valence-corrected chi connectivity index (χ2v) is 8.54. The van der Waals surface area contributed by atoms with Crippen LogP contribution in [0.15, 0.2) is 51.4 Å². The van der Waals surface area contributed by atoms with Crippen LogP contribution < -0.4 is 10.2 Å². The van der Waals surface area contributed by atoms with Crippen LogP contribution >= 0.6 is 31.9 Å². The molecule has 0 aromatic heterocycles. The summed E-state index contributed by atoms with van der Waals surface area (Å²) in [7, 11) is 0.